The molecule has 3 rings (SSSR count). The Hall–Kier alpha value is -2.70. The van der Waals surface area contributed by atoms with Crippen LogP contribution in [0.1, 0.15) is 18.1 Å². The monoisotopic (exact) mass is 315 g/mol. The molecule has 0 bridgehead atoms. The highest BCUT2D eigenvalue weighted by atomic mass is 16.5. The lowest BCUT2D eigenvalue weighted by molar-refractivity contribution is -0.133. The molecule has 0 unspecified atom stereocenters. The van der Waals surface area contributed by atoms with Crippen molar-refractivity contribution in [1.29, 1.82) is 0 Å². The van der Waals surface area contributed by atoms with Gasteiger partial charge in [0.2, 0.25) is 5.91 Å². The van der Waals surface area contributed by atoms with Crippen molar-refractivity contribution in [2.45, 2.75) is 26.3 Å². The number of amides is 2. The first-order valence-electron chi connectivity index (χ1n) is 7.20. The molecule has 2 amide bonds. The van der Waals surface area contributed by atoms with E-state index in [0.717, 1.165) is 16.0 Å². The van der Waals surface area contributed by atoms with Crippen LogP contribution in [0.4, 0.5) is 5.69 Å². The van der Waals surface area contributed by atoms with Crippen molar-refractivity contribution in [2.24, 2.45) is 11.0 Å². The zero-order chi connectivity index (χ0) is 16.9. The summed E-state index contributed by atoms with van der Waals surface area (Å²) < 4.78 is 4.65. The predicted molar refractivity (Wildman–Crippen MR) is 82.9 cm³/mol. The second-order valence-corrected chi connectivity index (χ2v) is 5.98. The first kappa shape index (κ1) is 15.2. The van der Waals surface area contributed by atoms with Crippen LogP contribution < -0.4 is 10.3 Å². The van der Waals surface area contributed by atoms with Crippen LogP contribution in [0.25, 0.3) is 0 Å². The maximum Gasteiger partial charge on any atom is 0.355 e. The molecule has 1 saturated heterocycles. The van der Waals surface area contributed by atoms with Crippen LogP contribution in [0.3, 0.4) is 0 Å². The summed E-state index contributed by atoms with van der Waals surface area (Å²) in [7, 11) is 1.21. The number of fused-ring (bicyclic) bond motifs is 1. The van der Waals surface area contributed by atoms with Crippen LogP contribution >= 0.6 is 0 Å². The van der Waals surface area contributed by atoms with Crippen LogP contribution in [0.15, 0.2) is 23.3 Å². The number of rotatable bonds is 2. The van der Waals surface area contributed by atoms with Gasteiger partial charge in [0, 0.05) is 0 Å². The molecule has 7 heteroatoms. The number of ether oxygens (including phenoxy) is 1. The summed E-state index contributed by atoms with van der Waals surface area (Å²) in [6.45, 7) is 5.43. The van der Waals surface area contributed by atoms with E-state index >= 15 is 0 Å². The van der Waals surface area contributed by atoms with Crippen molar-refractivity contribution in [3.8, 4) is 0 Å². The molecule has 1 fully saturated rings. The molecule has 1 N–H and O–H groups in total. The van der Waals surface area contributed by atoms with E-state index in [-0.39, 0.29) is 5.71 Å². The third-order valence-electron chi connectivity index (χ3n) is 4.52. The van der Waals surface area contributed by atoms with Gasteiger partial charge in [-0.25, -0.2) is 9.69 Å². The predicted octanol–water partition coefficient (Wildman–Crippen LogP) is 0.684. The van der Waals surface area contributed by atoms with Gasteiger partial charge in [0.15, 0.2) is 5.71 Å². The quantitative estimate of drug-likeness (QED) is 0.640. The summed E-state index contributed by atoms with van der Waals surface area (Å²) in [5, 5.41) is 3.85. The van der Waals surface area contributed by atoms with Gasteiger partial charge in [0.1, 0.15) is 11.5 Å². The molecule has 0 aliphatic carbocycles. The first-order chi connectivity index (χ1) is 10.8. The maximum atomic E-state index is 12.8. The van der Waals surface area contributed by atoms with Gasteiger partial charge in [-0.3, -0.25) is 15.0 Å². The van der Waals surface area contributed by atoms with E-state index in [1.54, 1.807) is 19.1 Å². The molecule has 120 valence electrons. The fraction of sp³-hybridized carbons (Fsp3) is 0.375. The van der Waals surface area contributed by atoms with Crippen LogP contribution in [0, 0.1) is 19.8 Å². The number of anilines is 1. The summed E-state index contributed by atoms with van der Waals surface area (Å²) in [5.74, 6) is -2.60. The molecule has 0 radical (unpaired) electrons. The number of methoxy groups -OCH3 is 1. The Labute approximate surface area is 133 Å². The first-order valence-corrected chi connectivity index (χ1v) is 7.20. The maximum absolute atomic E-state index is 12.8. The van der Waals surface area contributed by atoms with Gasteiger partial charge in [-0.1, -0.05) is 6.07 Å². The van der Waals surface area contributed by atoms with E-state index in [1.165, 1.54) is 7.11 Å². The highest BCUT2D eigenvalue weighted by Gasteiger charge is 2.63. The minimum absolute atomic E-state index is 0.0697. The van der Waals surface area contributed by atoms with Gasteiger partial charge in [-0.05, 0) is 44.0 Å². The summed E-state index contributed by atoms with van der Waals surface area (Å²) in [4.78, 5) is 38.5. The number of carbonyl (C=O) groups is 3. The van der Waals surface area contributed by atoms with Gasteiger partial charge < -0.3 is 4.74 Å². The smallest absolute Gasteiger partial charge is 0.355 e. The highest BCUT2D eigenvalue weighted by molar-refractivity contribution is 6.47. The van der Waals surface area contributed by atoms with Gasteiger partial charge in [0.05, 0.1) is 12.8 Å². The molecular formula is C16H17N3O4. The number of benzene rings is 1. The number of aryl methyl sites for hydroxylation is 2. The average molecular weight is 315 g/mol. The number of carbonyl (C=O) groups excluding carboxylic acids is 3. The van der Waals surface area contributed by atoms with Crippen molar-refractivity contribution in [1.82, 2.24) is 5.43 Å². The fourth-order valence-corrected chi connectivity index (χ4v) is 2.95. The highest BCUT2D eigenvalue weighted by Crippen LogP contribution is 2.38. The third kappa shape index (κ3) is 1.96. The molecule has 1 aromatic carbocycles. The number of hydrazone groups is 1. The number of esters is 1. The molecule has 2 atom stereocenters. The molecule has 23 heavy (non-hydrogen) atoms. The van der Waals surface area contributed by atoms with Crippen LogP contribution in [0.2, 0.25) is 0 Å². The van der Waals surface area contributed by atoms with Crippen molar-refractivity contribution >= 4 is 29.2 Å². The Balaban J connectivity index is 2.05. The number of nitrogens with zero attached hydrogens (tertiary/aromatic N) is 2. The second-order valence-electron chi connectivity index (χ2n) is 5.98. The molecule has 0 saturated carbocycles. The lowest BCUT2D eigenvalue weighted by atomic mass is 9.86. The Kier molecular flexibility index (Phi) is 3.24. The summed E-state index contributed by atoms with van der Waals surface area (Å²) in [6, 6.07) is 5.35. The Morgan fingerprint density at radius 2 is 2.00 bits per heavy atom. The number of nitrogens with one attached hydrogen (secondary N) is 1. The summed E-state index contributed by atoms with van der Waals surface area (Å²) in [6.07, 6.45) is 0. The van der Waals surface area contributed by atoms with Gasteiger partial charge in [-0.2, -0.15) is 5.10 Å². The fourth-order valence-electron chi connectivity index (χ4n) is 2.95. The third-order valence-corrected chi connectivity index (χ3v) is 4.52. The van der Waals surface area contributed by atoms with Crippen LogP contribution in [0.5, 0.6) is 0 Å². The number of imide groups is 1. The Bertz CT molecular complexity index is 771. The largest absolute Gasteiger partial charge is 0.464 e. The molecular weight excluding hydrogens is 298 g/mol. The minimum Gasteiger partial charge on any atom is -0.464 e. The van der Waals surface area contributed by atoms with Gasteiger partial charge in [0.25, 0.3) is 5.91 Å². The Morgan fingerprint density at radius 1 is 1.30 bits per heavy atom. The molecule has 2 aliphatic rings. The second kappa shape index (κ2) is 4.91. The van der Waals surface area contributed by atoms with Gasteiger partial charge >= 0.3 is 5.97 Å². The number of hydrogen-bond acceptors (Lipinski definition) is 6. The molecule has 2 heterocycles. The van der Waals surface area contributed by atoms with E-state index in [4.69, 9.17) is 0 Å². The lowest BCUT2D eigenvalue weighted by Crippen LogP contribution is -2.48. The zero-order valence-corrected chi connectivity index (χ0v) is 13.3. The van der Waals surface area contributed by atoms with Gasteiger partial charge in [-0.15, -0.1) is 0 Å². The standard InChI is InChI=1S/C16H17N3O4/c1-8-5-6-10(7-9(8)2)19-13(20)11-12(14(21)23-4)17-18-16(11,3)15(19)22/h5-7,11,18H,1-4H3/t11-,16+/m1/s1. The molecule has 1 aromatic rings. The zero-order valence-electron chi connectivity index (χ0n) is 13.3. The van der Waals surface area contributed by atoms with Crippen molar-refractivity contribution < 1.29 is 19.1 Å². The van der Waals surface area contributed by atoms with E-state index < -0.39 is 29.2 Å². The average Bonchev–Trinajstić information content (AvgIpc) is 2.96. The Morgan fingerprint density at radius 3 is 2.61 bits per heavy atom. The topological polar surface area (TPSA) is 88.1 Å². The normalized spacial score (nSPS) is 26.0. The van der Waals surface area contributed by atoms with E-state index in [2.05, 4.69) is 15.3 Å². The van der Waals surface area contributed by atoms with E-state index in [0.29, 0.717) is 5.69 Å². The van der Waals surface area contributed by atoms with Crippen LogP contribution in [-0.2, 0) is 19.1 Å². The van der Waals surface area contributed by atoms with Crippen molar-refractivity contribution in [3.63, 3.8) is 0 Å². The van der Waals surface area contributed by atoms with E-state index in [1.807, 2.05) is 19.9 Å². The lowest BCUT2D eigenvalue weighted by Gasteiger charge is -2.20. The van der Waals surface area contributed by atoms with E-state index in [9.17, 15) is 14.4 Å². The molecule has 7 nitrogen and oxygen atoms in total. The van der Waals surface area contributed by atoms with Crippen molar-refractivity contribution in [3.05, 3.63) is 29.3 Å². The minimum atomic E-state index is -1.26. The SMILES string of the molecule is COC(=O)C1=NN[C@]2(C)C(=O)N(c3ccc(C)c(C)c3)C(=O)[C@@H]12. The number of hydrogen-bond donors (Lipinski definition) is 1. The van der Waals surface area contributed by atoms with Crippen molar-refractivity contribution in [2.75, 3.05) is 12.0 Å². The summed E-state index contributed by atoms with van der Waals surface area (Å²) >= 11 is 0. The molecule has 2 aliphatic heterocycles. The van der Waals surface area contributed by atoms with Crippen LogP contribution in [-0.4, -0.2) is 36.1 Å². The summed E-state index contributed by atoms with van der Waals surface area (Å²) in [5.41, 5.74) is 3.83. The molecule has 0 spiro atoms. The molecule has 0 aromatic heterocycles.